The van der Waals surface area contributed by atoms with Crippen LogP contribution in [-0.2, 0) is 6.54 Å². The van der Waals surface area contributed by atoms with E-state index in [0.29, 0.717) is 10.0 Å². The average Bonchev–Trinajstić information content (AvgIpc) is 2.70. The van der Waals surface area contributed by atoms with Crippen molar-refractivity contribution >= 4 is 35.0 Å². The van der Waals surface area contributed by atoms with Gasteiger partial charge in [0.05, 0.1) is 16.6 Å². The van der Waals surface area contributed by atoms with Crippen molar-refractivity contribution in [3.63, 3.8) is 0 Å². The van der Waals surface area contributed by atoms with E-state index in [-0.39, 0.29) is 17.7 Å². The molecule has 0 unspecified atom stereocenters. The maximum Gasteiger partial charge on any atom is 0.275 e. The highest BCUT2D eigenvalue weighted by Crippen LogP contribution is 2.22. The molecule has 2 aromatic carbocycles. The molecule has 2 N–H and O–H groups in total. The predicted molar refractivity (Wildman–Crippen MR) is 108 cm³/mol. The van der Waals surface area contributed by atoms with Gasteiger partial charge in [-0.15, -0.1) is 0 Å². The standard InChI is InChI=1S/C20H14Cl2FN3O3/c21-16-7-6-12(9-17(16)22)11-26-8-2-5-15(20(26)29)19(28)25-24-18(27)13-3-1-4-14(23)10-13/h1-10H,11H2,(H,24,27)(H,25,28). The quantitative estimate of drug-likeness (QED) is 0.618. The zero-order valence-electron chi connectivity index (χ0n) is 14.8. The Hall–Kier alpha value is -3.16. The van der Waals surface area contributed by atoms with Crippen molar-refractivity contribution in [2.45, 2.75) is 6.54 Å². The minimum Gasteiger partial charge on any atom is -0.310 e. The van der Waals surface area contributed by atoms with Gasteiger partial charge in [0.25, 0.3) is 17.4 Å². The van der Waals surface area contributed by atoms with Crippen LogP contribution in [0.5, 0.6) is 0 Å². The molecule has 0 fully saturated rings. The van der Waals surface area contributed by atoms with Gasteiger partial charge in [-0.3, -0.25) is 25.2 Å². The minimum atomic E-state index is -0.803. The topological polar surface area (TPSA) is 80.2 Å². The summed E-state index contributed by atoms with van der Waals surface area (Å²) in [6.45, 7) is 0.173. The Bertz CT molecular complexity index is 1150. The molecular formula is C20H14Cl2FN3O3. The number of nitrogens with one attached hydrogen (secondary N) is 2. The lowest BCUT2D eigenvalue weighted by Gasteiger charge is -2.10. The highest BCUT2D eigenvalue weighted by atomic mass is 35.5. The van der Waals surface area contributed by atoms with E-state index < -0.39 is 23.2 Å². The van der Waals surface area contributed by atoms with Crippen LogP contribution in [0.15, 0.2) is 65.6 Å². The molecule has 1 aromatic heterocycles. The lowest BCUT2D eigenvalue weighted by atomic mass is 10.2. The fraction of sp³-hybridized carbons (Fsp3) is 0.0500. The molecule has 1 heterocycles. The molecule has 3 rings (SSSR count). The summed E-state index contributed by atoms with van der Waals surface area (Å²) in [5.74, 6) is -2.11. The van der Waals surface area contributed by atoms with Gasteiger partial charge in [-0.25, -0.2) is 4.39 Å². The van der Waals surface area contributed by atoms with Crippen molar-refractivity contribution in [2.24, 2.45) is 0 Å². The fourth-order valence-corrected chi connectivity index (χ4v) is 2.87. The lowest BCUT2D eigenvalue weighted by molar-refractivity contribution is 0.0845. The number of benzene rings is 2. The second-order valence-electron chi connectivity index (χ2n) is 6.02. The zero-order chi connectivity index (χ0) is 21.0. The number of amides is 2. The van der Waals surface area contributed by atoms with E-state index in [1.807, 2.05) is 0 Å². The summed E-state index contributed by atoms with van der Waals surface area (Å²) in [4.78, 5) is 36.9. The normalized spacial score (nSPS) is 10.4. The number of carbonyl (C=O) groups excluding carboxylic acids is 2. The fourth-order valence-electron chi connectivity index (χ4n) is 2.55. The minimum absolute atomic E-state index is 0.0235. The Labute approximate surface area is 174 Å². The van der Waals surface area contributed by atoms with Crippen molar-refractivity contribution in [3.8, 4) is 0 Å². The van der Waals surface area contributed by atoms with Crippen LogP contribution >= 0.6 is 23.2 Å². The molecule has 0 spiro atoms. The van der Waals surface area contributed by atoms with Crippen molar-refractivity contribution < 1.29 is 14.0 Å². The van der Waals surface area contributed by atoms with E-state index in [4.69, 9.17) is 23.2 Å². The Morgan fingerprint density at radius 2 is 1.69 bits per heavy atom. The number of hydrazine groups is 1. The van der Waals surface area contributed by atoms with Crippen molar-refractivity contribution in [3.05, 3.63) is 104 Å². The van der Waals surface area contributed by atoms with Gasteiger partial charge in [-0.05, 0) is 48.0 Å². The lowest BCUT2D eigenvalue weighted by Crippen LogP contribution is -2.44. The summed E-state index contributed by atoms with van der Waals surface area (Å²) in [7, 11) is 0. The molecule has 0 aliphatic rings. The number of carbonyl (C=O) groups is 2. The second-order valence-corrected chi connectivity index (χ2v) is 6.84. The predicted octanol–water partition coefficient (Wildman–Crippen LogP) is 3.42. The first-order valence-corrected chi connectivity index (χ1v) is 9.10. The summed E-state index contributed by atoms with van der Waals surface area (Å²) < 4.78 is 14.5. The first-order valence-electron chi connectivity index (χ1n) is 8.35. The zero-order valence-corrected chi connectivity index (χ0v) is 16.3. The van der Waals surface area contributed by atoms with Gasteiger partial charge < -0.3 is 4.57 Å². The first kappa shape index (κ1) is 20.6. The van der Waals surface area contributed by atoms with Gasteiger partial charge in [0.2, 0.25) is 0 Å². The van der Waals surface area contributed by atoms with E-state index in [0.717, 1.165) is 11.6 Å². The van der Waals surface area contributed by atoms with E-state index in [9.17, 15) is 18.8 Å². The Morgan fingerprint density at radius 1 is 0.931 bits per heavy atom. The molecule has 3 aromatic rings. The molecule has 6 nitrogen and oxygen atoms in total. The van der Waals surface area contributed by atoms with Crippen molar-refractivity contribution in [1.29, 1.82) is 0 Å². The van der Waals surface area contributed by atoms with Crippen LogP contribution in [0.3, 0.4) is 0 Å². The maximum atomic E-state index is 13.2. The van der Waals surface area contributed by atoms with Gasteiger partial charge in [0, 0.05) is 11.8 Å². The van der Waals surface area contributed by atoms with Gasteiger partial charge in [-0.1, -0.05) is 35.3 Å². The summed E-state index contributed by atoms with van der Waals surface area (Å²) in [5, 5.41) is 0.746. The summed E-state index contributed by atoms with van der Waals surface area (Å²) >= 11 is 11.9. The Balaban J connectivity index is 1.72. The molecule has 9 heteroatoms. The average molecular weight is 434 g/mol. The highest BCUT2D eigenvalue weighted by molar-refractivity contribution is 6.42. The highest BCUT2D eigenvalue weighted by Gasteiger charge is 2.14. The molecule has 2 amide bonds. The van der Waals surface area contributed by atoms with Crippen LogP contribution in [0.2, 0.25) is 10.0 Å². The number of pyridine rings is 1. The third-order valence-corrected chi connectivity index (χ3v) is 4.72. The summed E-state index contributed by atoms with van der Waals surface area (Å²) in [6, 6.07) is 12.8. The van der Waals surface area contributed by atoms with Gasteiger partial charge in [0.1, 0.15) is 11.4 Å². The van der Waals surface area contributed by atoms with Crippen molar-refractivity contribution in [2.75, 3.05) is 0 Å². The smallest absolute Gasteiger partial charge is 0.275 e. The molecule has 148 valence electrons. The van der Waals surface area contributed by atoms with E-state index >= 15 is 0 Å². The van der Waals surface area contributed by atoms with Crippen LogP contribution in [0.25, 0.3) is 0 Å². The molecule has 0 aliphatic carbocycles. The molecule has 0 saturated carbocycles. The largest absolute Gasteiger partial charge is 0.310 e. The second kappa shape index (κ2) is 8.89. The van der Waals surface area contributed by atoms with Crippen LogP contribution in [0.4, 0.5) is 4.39 Å². The van der Waals surface area contributed by atoms with Crippen LogP contribution in [0.1, 0.15) is 26.3 Å². The molecule has 0 atom stereocenters. The molecular weight excluding hydrogens is 420 g/mol. The van der Waals surface area contributed by atoms with E-state index in [1.165, 1.54) is 41.1 Å². The number of hydrogen-bond donors (Lipinski definition) is 2. The first-order chi connectivity index (χ1) is 13.8. The Morgan fingerprint density at radius 3 is 2.41 bits per heavy atom. The van der Waals surface area contributed by atoms with Crippen LogP contribution in [-0.4, -0.2) is 16.4 Å². The van der Waals surface area contributed by atoms with E-state index in [1.54, 1.807) is 18.2 Å². The summed E-state index contributed by atoms with van der Waals surface area (Å²) in [6.07, 6.45) is 1.52. The van der Waals surface area contributed by atoms with Gasteiger partial charge >= 0.3 is 0 Å². The SMILES string of the molecule is O=C(NNC(=O)c1cccn(Cc2ccc(Cl)c(Cl)c2)c1=O)c1cccc(F)c1. The molecule has 0 saturated heterocycles. The Kier molecular flexibility index (Phi) is 6.31. The van der Waals surface area contributed by atoms with Crippen molar-refractivity contribution in [1.82, 2.24) is 15.4 Å². The van der Waals surface area contributed by atoms with Gasteiger partial charge in [0.15, 0.2) is 0 Å². The monoisotopic (exact) mass is 433 g/mol. The third kappa shape index (κ3) is 5.01. The number of halogens is 3. The number of nitrogens with zero attached hydrogens (tertiary/aromatic N) is 1. The number of rotatable bonds is 4. The number of hydrogen-bond acceptors (Lipinski definition) is 3. The third-order valence-electron chi connectivity index (χ3n) is 3.98. The molecule has 0 radical (unpaired) electrons. The van der Waals surface area contributed by atoms with Gasteiger partial charge in [-0.2, -0.15) is 0 Å². The number of aromatic nitrogens is 1. The van der Waals surface area contributed by atoms with Crippen LogP contribution < -0.4 is 16.4 Å². The molecule has 29 heavy (non-hydrogen) atoms. The molecule has 0 bridgehead atoms. The maximum absolute atomic E-state index is 13.2. The summed E-state index contributed by atoms with van der Waals surface area (Å²) in [5.41, 5.74) is 4.31. The molecule has 0 aliphatic heterocycles. The van der Waals surface area contributed by atoms with E-state index in [2.05, 4.69) is 10.9 Å². The van der Waals surface area contributed by atoms with Crippen LogP contribution in [0, 0.1) is 5.82 Å².